The molecular weight excluding hydrogens is 476 g/mol. The molecule has 2 aromatic carbocycles. The van der Waals surface area contributed by atoms with Crippen molar-refractivity contribution in [1.29, 1.82) is 0 Å². The van der Waals surface area contributed by atoms with E-state index < -0.39 is 42.1 Å². The van der Waals surface area contributed by atoms with Gasteiger partial charge in [-0.15, -0.1) is 0 Å². The summed E-state index contributed by atoms with van der Waals surface area (Å²) in [6.45, 7) is 7.18. The van der Waals surface area contributed by atoms with E-state index in [2.05, 4.69) is 0 Å². The highest BCUT2D eigenvalue weighted by Gasteiger charge is 2.45. The summed E-state index contributed by atoms with van der Waals surface area (Å²) < 4.78 is 23.9. The fourth-order valence-corrected chi connectivity index (χ4v) is 4.40. The maximum atomic E-state index is 13.0. The van der Waals surface area contributed by atoms with Crippen LogP contribution in [0.15, 0.2) is 60.7 Å². The van der Waals surface area contributed by atoms with Crippen LogP contribution in [0.3, 0.4) is 0 Å². The average molecular weight is 509 g/mol. The van der Waals surface area contributed by atoms with Crippen LogP contribution in [0.5, 0.6) is 11.5 Å². The van der Waals surface area contributed by atoms with Crippen LogP contribution in [0.4, 0.5) is 0 Å². The minimum absolute atomic E-state index is 0.0377. The topological polar surface area (TPSA) is 112 Å². The Bertz CT molecular complexity index is 1200. The predicted molar refractivity (Wildman–Crippen MR) is 136 cm³/mol. The Morgan fingerprint density at radius 2 is 1.78 bits per heavy atom. The van der Waals surface area contributed by atoms with Crippen LogP contribution >= 0.6 is 0 Å². The lowest BCUT2D eigenvalue weighted by Gasteiger charge is -2.25. The Balaban J connectivity index is 1.72. The quantitative estimate of drug-likeness (QED) is 0.431. The fourth-order valence-electron chi connectivity index (χ4n) is 4.40. The standard InChI is InChI=1S/C29H32O8/c1-17-13-14-23(35-27(32)19-9-6-5-7-10-19)26-24(36-29(3,4)37-26)12-8-11-20-15-21(30)16-22(31)25(20)28(33)34-18(17)2/h5-11,13-18,23-24,26,30-31H,12H2,1-4H3/b11-8+,14-13-/t17-,18?,23?,24?,26?/m1/s1. The molecule has 2 N–H and O–H groups in total. The van der Waals surface area contributed by atoms with E-state index in [1.807, 2.05) is 19.1 Å². The van der Waals surface area contributed by atoms with Crippen molar-refractivity contribution in [2.75, 3.05) is 0 Å². The molecule has 2 aliphatic heterocycles. The lowest BCUT2D eigenvalue weighted by Crippen LogP contribution is -2.37. The maximum Gasteiger partial charge on any atom is 0.342 e. The highest BCUT2D eigenvalue weighted by Crippen LogP contribution is 2.35. The van der Waals surface area contributed by atoms with E-state index in [9.17, 15) is 19.8 Å². The summed E-state index contributed by atoms with van der Waals surface area (Å²) in [6, 6.07) is 11.2. The summed E-state index contributed by atoms with van der Waals surface area (Å²) in [5.41, 5.74) is 0.678. The molecule has 5 atom stereocenters. The van der Waals surface area contributed by atoms with Crippen molar-refractivity contribution in [3.63, 3.8) is 0 Å². The van der Waals surface area contributed by atoms with Gasteiger partial charge >= 0.3 is 11.9 Å². The first-order chi connectivity index (χ1) is 17.5. The number of phenolic OH excluding ortho intramolecular Hbond substituents is 2. The van der Waals surface area contributed by atoms with Crippen molar-refractivity contribution in [2.45, 2.75) is 64.3 Å². The first-order valence-electron chi connectivity index (χ1n) is 12.3. The minimum Gasteiger partial charge on any atom is -0.508 e. The zero-order valence-electron chi connectivity index (χ0n) is 21.3. The number of ether oxygens (including phenoxy) is 4. The molecule has 8 nitrogen and oxygen atoms in total. The van der Waals surface area contributed by atoms with Crippen LogP contribution in [0.2, 0.25) is 0 Å². The van der Waals surface area contributed by atoms with Gasteiger partial charge in [-0.05, 0) is 57.0 Å². The summed E-state index contributed by atoms with van der Waals surface area (Å²) in [6.07, 6.45) is 4.82. The van der Waals surface area contributed by atoms with Crippen molar-refractivity contribution < 1.29 is 38.7 Å². The molecule has 0 aliphatic carbocycles. The molecule has 4 rings (SSSR count). The van der Waals surface area contributed by atoms with E-state index in [0.29, 0.717) is 17.5 Å². The molecule has 0 spiro atoms. The van der Waals surface area contributed by atoms with Gasteiger partial charge in [0.2, 0.25) is 0 Å². The summed E-state index contributed by atoms with van der Waals surface area (Å²) in [4.78, 5) is 25.9. The molecule has 196 valence electrons. The molecule has 0 bridgehead atoms. The SMILES string of the molecule is CC1OC(=O)c2c(O)cc(O)cc2/C=C/CC2OC(C)(C)OC2C(OC(=O)c2ccccc2)/C=C\[C@H]1C. The summed E-state index contributed by atoms with van der Waals surface area (Å²) in [7, 11) is 0. The third kappa shape index (κ3) is 6.21. The molecule has 1 fully saturated rings. The van der Waals surface area contributed by atoms with Gasteiger partial charge in [-0.25, -0.2) is 9.59 Å². The van der Waals surface area contributed by atoms with Gasteiger partial charge in [0.25, 0.3) is 0 Å². The fraction of sp³-hybridized carbons (Fsp3) is 0.379. The van der Waals surface area contributed by atoms with Crippen molar-refractivity contribution in [3.05, 3.63) is 77.4 Å². The minimum atomic E-state index is -0.922. The van der Waals surface area contributed by atoms with Gasteiger partial charge in [0.15, 0.2) is 5.79 Å². The molecule has 8 heteroatoms. The highest BCUT2D eigenvalue weighted by atomic mass is 16.8. The first-order valence-corrected chi connectivity index (χ1v) is 12.3. The van der Waals surface area contributed by atoms with E-state index in [1.54, 1.807) is 63.3 Å². The number of benzene rings is 2. The number of hydrogen-bond acceptors (Lipinski definition) is 8. The molecule has 0 radical (unpaired) electrons. The normalized spacial score (nSPS) is 29.2. The van der Waals surface area contributed by atoms with Crippen molar-refractivity contribution in [3.8, 4) is 11.5 Å². The van der Waals surface area contributed by atoms with Gasteiger partial charge in [-0.3, -0.25) is 0 Å². The van der Waals surface area contributed by atoms with E-state index in [1.165, 1.54) is 6.07 Å². The van der Waals surface area contributed by atoms with Crippen molar-refractivity contribution >= 4 is 18.0 Å². The Morgan fingerprint density at radius 1 is 1.05 bits per heavy atom. The van der Waals surface area contributed by atoms with Gasteiger partial charge in [0.05, 0.1) is 11.7 Å². The van der Waals surface area contributed by atoms with Gasteiger partial charge in [0, 0.05) is 12.0 Å². The second-order valence-electron chi connectivity index (χ2n) is 9.80. The number of esters is 2. The van der Waals surface area contributed by atoms with E-state index in [4.69, 9.17) is 18.9 Å². The molecular formula is C29H32O8. The Morgan fingerprint density at radius 3 is 2.51 bits per heavy atom. The average Bonchev–Trinajstić information content (AvgIpc) is 3.14. The van der Waals surface area contributed by atoms with Crippen LogP contribution in [-0.2, 0) is 18.9 Å². The van der Waals surface area contributed by atoms with Gasteiger partial charge in [0.1, 0.15) is 35.4 Å². The van der Waals surface area contributed by atoms with E-state index in [-0.39, 0.29) is 23.0 Å². The first kappa shape index (κ1) is 26.4. The molecule has 4 unspecified atom stereocenters. The Hall–Kier alpha value is -3.62. The van der Waals surface area contributed by atoms with Crippen LogP contribution in [-0.4, -0.2) is 52.4 Å². The number of hydrogen-bond donors (Lipinski definition) is 2. The third-order valence-corrected chi connectivity index (χ3v) is 6.44. The van der Waals surface area contributed by atoms with Gasteiger partial charge < -0.3 is 29.2 Å². The number of carbonyl (C=O) groups is 2. The molecule has 0 aromatic heterocycles. The van der Waals surface area contributed by atoms with Crippen LogP contribution in [0, 0.1) is 5.92 Å². The molecule has 2 aliphatic rings. The second-order valence-corrected chi connectivity index (χ2v) is 9.80. The highest BCUT2D eigenvalue weighted by molar-refractivity contribution is 5.97. The number of phenols is 2. The number of fused-ring (bicyclic) bond motifs is 2. The van der Waals surface area contributed by atoms with Gasteiger partial charge in [-0.1, -0.05) is 43.4 Å². The Labute approximate surface area is 216 Å². The van der Waals surface area contributed by atoms with Crippen LogP contribution in [0.1, 0.15) is 60.4 Å². The van der Waals surface area contributed by atoms with Crippen molar-refractivity contribution in [1.82, 2.24) is 0 Å². The summed E-state index contributed by atoms with van der Waals surface area (Å²) >= 11 is 0. The zero-order valence-corrected chi connectivity index (χ0v) is 21.3. The third-order valence-electron chi connectivity index (χ3n) is 6.44. The molecule has 0 amide bonds. The molecule has 1 saturated heterocycles. The number of carbonyl (C=O) groups excluding carboxylic acids is 2. The smallest absolute Gasteiger partial charge is 0.342 e. The lowest BCUT2D eigenvalue weighted by molar-refractivity contribution is -0.152. The number of aromatic hydroxyl groups is 2. The largest absolute Gasteiger partial charge is 0.508 e. The number of cyclic esters (lactones) is 1. The molecule has 0 saturated carbocycles. The molecule has 37 heavy (non-hydrogen) atoms. The van der Waals surface area contributed by atoms with E-state index in [0.717, 1.165) is 6.07 Å². The lowest BCUT2D eigenvalue weighted by atomic mass is 9.98. The zero-order chi connectivity index (χ0) is 26.7. The molecule has 2 heterocycles. The Kier molecular flexibility index (Phi) is 7.71. The summed E-state index contributed by atoms with van der Waals surface area (Å²) in [5.74, 6) is -2.96. The number of rotatable bonds is 2. The molecule has 2 aromatic rings. The predicted octanol–water partition coefficient (Wildman–Crippen LogP) is 5.00. The maximum absolute atomic E-state index is 13.0. The monoisotopic (exact) mass is 508 g/mol. The van der Waals surface area contributed by atoms with Crippen LogP contribution < -0.4 is 0 Å². The van der Waals surface area contributed by atoms with Crippen molar-refractivity contribution in [2.24, 2.45) is 5.92 Å². The summed E-state index contributed by atoms with van der Waals surface area (Å²) in [5, 5.41) is 20.4. The van der Waals surface area contributed by atoms with E-state index >= 15 is 0 Å². The second kappa shape index (κ2) is 10.8. The van der Waals surface area contributed by atoms with Gasteiger partial charge in [-0.2, -0.15) is 0 Å². The van der Waals surface area contributed by atoms with Crippen LogP contribution in [0.25, 0.3) is 6.08 Å².